The number of carbonyl (C=O) groups is 1. The van der Waals surface area contributed by atoms with Gasteiger partial charge in [-0.2, -0.15) is 0 Å². The number of hydrogen-bond donors (Lipinski definition) is 2. The van der Waals surface area contributed by atoms with Crippen LogP contribution in [0.15, 0.2) is 35.3 Å². The number of rotatable bonds is 4. The third-order valence-corrected chi connectivity index (χ3v) is 5.55. The molecule has 0 radical (unpaired) electrons. The molecule has 0 bridgehead atoms. The van der Waals surface area contributed by atoms with Crippen LogP contribution in [0.25, 0.3) is 0 Å². The predicted molar refractivity (Wildman–Crippen MR) is 111 cm³/mol. The Bertz CT molecular complexity index is 950. The van der Waals surface area contributed by atoms with E-state index in [0.29, 0.717) is 17.4 Å². The minimum atomic E-state index is -1.19. The summed E-state index contributed by atoms with van der Waals surface area (Å²) in [5, 5.41) is 18.8. The second kappa shape index (κ2) is 7.19. The van der Waals surface area contributed by atoms with E-state index in [9.17, 15) is 9.90 Å². The maximum absolute atomic E-state index is 11.2. The van der Waals surface area contributed by atoms with Gasteiger partial charge >= 0.3 is 5.97 Å². The lowest BCUT2D eigenvalue weighted by Gasteiger charge is -2.45. The monoisotopic (exact) mass is 382 g/mol. The van der Waals surface area contributed by atoms with Gasteiger partial charge in [-0.25, -0.2) is 4.79 Å². The Kier molecular flexibility index (Phi) is 5.06. The number of phenols is 1. The first kappa shape index (κ1) is 19.7. The number of ether oxygens (including phenoxy) is 1. The fourth-order valence-corrected chi connectivity index (χ4v) is 3.81. The Morgan fingerprint density at radius 2 is 2.04 bits per heavy atom. The van der Waals surface area contributed by atoms with Crippen LogP contribution in [-0.4, -0.2) is 42.1 Å². The third-order valence-electron chi connectivity index (χ3n) is 5.55. The van der Waals surface area contributed by atoms with Gasteiger partial charge in [0, 0.05) is 36.1 Å². The normalized spacial score (nSPS) is 18.2. The van der Waals surface area contributed by atoms with E-state index < -0.39 is 5.97 Å². The van der Waals surface area contributed by atoms with Crippen LogP contribution in [0.5, 0.6) is 11.5 Å². The van der Waals surface area contributed by atoms with Gasteiger partial charge in [-0.15, -0.1) is 0 Å². The van der Waals surface area contributed by atoms with E-state index in [1.54, 1.807) is 19.4 Å². The van der Waals surface area contributed by atoms with Gasteiger partial charge in [0.2, 0.25) is 0 Å². The molecule has 0 spiro atoms. The molecule has 6 heteroatoms. The number of nitrogens with zero attached hydrogens (tertiary/aromatic N) is 2. The van der Waals surface area contributed by atoms with Crippen molar-refractivity contribution in [3.8, 4) is 11.5 Å². The van der Waals surface area contributed by atoms with E-state index in [4.69, 9.17) is 9.84 Å². The Labute approximate surface area is 165 Å². The van der Waals surface area contributed by atoms with Crippen LogP contribution in [-0.2, 0) is 0 Å². The van der Waals surface area contributed by atoms with Gasteiger partial charge in [-0.1, -0.05) is 6.92 Å². The highest BCUT2D eigenvalue weighted by Gasteiger charge is 2.34. The van der Waals surface area contributed by atoms with Gasteiger partial charge in [-0.3, -0.25) is 4.99 Å². The number of methoxy groups -OCH3 is 1. The zero-order valence-corrected chi connectivity index (χ0v) is 16.9. The molecule has 0 saturated heterocycles. The lowest BCUT2D eigenvalue weighted by molar-refractivity contribution is 0.0693. The highest BCUT2D eigenvalue weighted by molar-refractivity contribution is 5.93. The fourth-order valence-electron chi connectivity index (χ4n) is 3.81. The van der Waals surface area contributed by atoms with Crippen molar-refractivity contribution in [1.29, 1.82) is 0 Å². The molecule has 3 rings (SSSR count). The molecule has 1 aliphatic rings. The largest absolute Gasteiger partial charge is 0.507 e. The van der Waals surface area contributed by atoms with Crippen molar-refractivity contribution < 1.29 is 19.7 Å². The van der Waals surface area contributed by atoms with Crippen molar-refractivity contribution in [2.45, 2.75) is 38.6 Å². The molecule has 6 nitrogen and oxygen atoms in total. The van der Waals surface area contributed by atoms with Crippen LogP contribution in [0.1, 0.15) is 54.6 Å². The number of aromatic hydroxyl groups is 1. The third kappa shape index (κ3) is 3.54. The second-order valence-electron chi connectivity index (χ2n) is 7.89. The summed E-state index contributed by atoms with van der Waals surface area (Å²) in [6.45, 7) is 6.69. The lowest BCUT2D eigenvalue weighted by atomic mass is 9.80. The molecule has 148 valence electrons. The Hall–Kier alpha value is -3.02. The lowest BCUT2D eigenvalue weighted by Crippen LogP contribution is -2.45. The Morgan fingerprint density at radius 1 is 1.32 bits per heavy atom. The van der Waals surface area contributed by atoms with Crippen LogP contribution in [0.2, 0.25) is 0 Å². The Balaban J connectivity index is 2.02. The molecule has 2 N–H and O–H groups in total. The molecule has 0 aromatic heterocycles. The van der Waals surface area contributed by atoms with E-state index in [1.165, 1.54) is 17.7 Å². The SMILES string of the molecule is COc1cc2c(cc1C=Nc1ccc(O)c(C(=O)O)c1)C(C)CC(C)(C)N2C. The highest BCUT2D eigenvalue weighted by Crippen LogP contribution is 2.44. The van der Waals surface area contributed by atoms with Gasteiger partial charge in [0.15, 0.2) is 0 Å². The van der Waals surface area contributed by atoms with Crippen LogP contribution in [0, 0.1) is 0 Å². The minimum Gasteiger partial charge on any atom is -0.507 e. The summed E-state index contributed by atoms with van der Waals surface area (Å²) in [7, 11) is 3.72. The number of carboxylic acid groups (broad SMARTS) is 1. The number of hydrogen-bond acceptors (Lipinski definition) is 5. The van der Waals surface area contributed by atoms with Crippen LogP contribution in [0.3, 0.4) is 0 Å². The molecule has 28 heavy (non-hydrogen) atoms. The fraction of sp³-hybridized carbons (Fsp3) is 0.364. The summed E-state index contributed by atoms with van der Waals surface area (Å²) >= 11 is 0. The van der Waals surface area contributed by atoms with Crippen LogP contribution in [0.4, 0.5) is 11.4 Å². The molecule has 1 heterocycles. The maximum atomic E-state index is 11.2. The standard InChI is InChI=1S/C22H26N2O4/c1-13-11-22(2,3)24(4)18-10-20(28-5)14(8-16(13)18)12-23-15-6-7-19(25)17(9-15)21(26)27/h6-10,12-13,25H,11H2,1-5H3,(H,26,27). The van der Waals surface area contributed by atoms with E-state index in [0.717, 1.165) is 17.7 Å². The predicted octanol–water partition coefficient (Wildman–Crippen LogP) is 4.57. The first-order valence-electron chi connectivity index (χ1n) is 9.20. The number of aromatic carboxylic acids is 1. The molecule has 1 unspecified atom stereocenters. The molecule has 1 atom stereocenters. The van der Waals surface area contributed by atoms with Crippen molar-refractivity contribution in [3.05, 3.63) is 47.0 Å². The number of carboxylic acids is 1. The second-order valence-corrected chi connectivity index (χ2v) is 7.89. The van der Waals surface area contributed by atoms with Gasteiger partial charge in [0.1, 0.15) is 17.1 Å². The van der Waals surface area contributed by atoms with Crippen molar-refractivity contribution in [3.63, 3.8) is 0 Å². The topological polar surface area (TPSA) is 82.4 Å². The molecule has 0 aliphatic carbocycles. The number of benzene rings is 2. The number of aliphatic imine (C=N–C) groups is 1. The highest BCUT2D eigenvalue weighted by atomic mass is 16.5. The van der Waals surface area contributed by atoms with Gasteiger partial charge in [0.05, 0.1) is 12.8 Å². The number of fused-ring (bicyclic) bond motifs is 1. The minimum absolute atomic E-state index is 0.0618. The van der Waals surface area contributed by atoms with Gasteiger partial charge < -0.3 is 19.8 Å². The summed E-state index contributed by atoms with van der Waals surface area (Å²) < 4.78 is 5.58. The molecule has 0 fully saturated rings. The molecule has 0 saturated carbocycles. The molecule has 1 aliphatic heterocycles. The quantitative estimate of drug-likeness (QED) is 0.757. The molecular formula is C22H26N2O4. The van der Waals surface area contributed by atoms with Crippen LogP contribution < -0.4 is 9.64 Å². The van der Waals surface area contributed by atoms with E-state index in [2.05, 4.69) is 43.8 Å². The van der Waals surface area contributed by atoms with Gasteiger partial charge in [0.25, 0.3) is 0 Å². The van der Waals surface area contributed by atoms with Crippen molar-refractivity contribution in [2.24, 2.45) is 4.99 Å². The summed E-state index contributed by atoms with van der Waals surface area (Å²) in [6, 6.07) is 8.37. The maximum Gasteiger partial charge on any atom is 0.339 e. The zero-order valence-electron chi connectivity index (χ0n) is 16.9. The van der Waals surface area contributed by atoms with Gasteiger partial charge in [-0.05, 0) is 56.0 Å². The van der Waals surface area contributed by atoms with E-state index >= 15 is 0 Å². The summed E-state index contributed by atoms with van der Waals surface area (Å²) in [4.78, 5) is 17.9. The number of anilines is 1. The van der Waals surface area contributed by atoms with Crippen LogP contribution >= 0.6 is 0 Å². The molecule has 0 amide bonds. The molecule has 2 aromatic rings. The molecular weight excluding hydrogens is 356 g/mol. The van der Waals surface area contributed by atoms with Crippen molar-refractivity contribution >= 4 is 23.6 Å². The summed E-state index contributed by atoms with van der Waals surface area (Å²) in [5.41, 5.74) is 3.54. The molecule has 2 aromatic carbocycles. The van der Waals surface area contributed by atoms with Crippen molar-refractivity contribution in [2.75, 3.05) is 19.1 Å². The van der Waals surface area contributed by atoms with Crippen molar-refractivity contribution in [1.82, 2.24) is 0 Å². The smallest absolute Gasteiger partial charge is 0.339 e. The average Bonchev–Trinajstić information content (AvgIpc) is 2.64. The first-order chi connectivity index (χ1) is 13.1. The summed E-state index contributed by atoms with van der Waals surface area (Å²) in [5.74, 6) is -0.374. The van der Waals surface area contributed by atoms with E-state index in [1.807, 2.05) is 6.07 Å². The van der Waals surface area contributed by atoms with E-state index in [-0.39, 0.29) is 16.9 Å². The summed E-state index contributed by atoms with van der Waals surface area (Å²) in [6.07, 6.45) is 2.71. The Morgan fingerprint density at radius 3 is 2.68 bits per heavy atom. The average molecular weight is 382 g/mol. The first-order valence-corrected chi connectivity index (χ1v) is 9.20. The zero-order chi connectivity index (χ0) is 20.6.